The summed E-state index contributed by atoms with van der Waals surface area (Å²) >= 11 is 6.13. The molecule has 35 heavy (non-hydrogen) atoms. The monoisotopic (exact) mass is 491 g/mol. The normalized spacial score (nSPS) is 11.9. The number of carbonyl (C=O) groups is 2. The summed E-state index contributed by atoms with van der Waals surface area (Å²) in [4.78, 5) is 28.9. The van der Waals surface area contributed by atoms with Crippen molar-refractivity contribution in [3.05, 3.63) is 88.9 Å². The van der Waals surface area contributed by atoms with Gasteiger partial charge in [-0.3, -0.25) is 14.5 Å². The van der Waals surface area contributed by atoms with Crippen LogP contribution in [0.1, 0.15) is 17.2 Å². The maximum atomic E-state index is 13.9. The molecule has 9 heteroatoms. The summed E-state index contributed by atoms with van der Waals surface area (Å²) in [6.07, 6.45) is 0. The Bertz CT molecular complexity index is 1320. The first-order valence-electron chi connectivity index (χ1n) is 11.2. The molecule has 0 aliphatic heterocycles. The van der Waals surface area contributed by atoms with E-state index < -0.39 is 6.04 Å². The number of aryl methyl sites for hydroxylation is 1. The van der Waals surface area contributed by atoms with Crippen LogP contribution in [-0.4, -0.2) is 47.1 Å². The molecule has 0 bridgehead atoms. The Morgan fingerprint density at radius 2 is 1.77 bits per heavy atom. The molecule has 4 aromatic rings. The van der Waals surface area contributed by atoms with Crippen molar-refractivity contribution in [3.8, 4) is 0 Å². The summed E-state index contributed by atoms with van der Waals surface area (Å²) in [6, 6.07) is 20.9. The van der Waals surface area contributed by atoms with Crippen LogP contribution in [0.15, 0.2) is 72.8 Å². The molecule has 180 valence electrons. The Kier molecular flexibility index (Phi) is 7.74. The fourth-order valence-corrected chi connectivity index (χ4v) is 4.07. The summed E-state index contributed by atoms with van der Waals surface area (Å²) in [5.41, 5.74) is 3.56. The number of carbonyl (C=O) groups excluding carboxylic acids is 2. The van der Waals surface area contributed by atoms with Gasteiger partial charge in [0.2, 0.25) is 11.8 Å². The first-order chi connectivity index (χ1) is 17.0. The van der Waals surface area contributed by atoms with Crippen molar-refractivity contribution in [2.24, 2.45) is 0 Å². The molecule has 2 amide bonds. The van der Waals surface area contributed by atoms with Gasteiger partial charge >= 0.3 is 0 Å². The average molecular weight is 492 g/mol. The topological polar surface area (TPSA) is 89.4 Å². The van der Waals surface area contributed by atoms with Gasteiger partial charge in [-0.1, -0.05) is 53.2 Å². The lowest BCUT2D eigenvalue weighted by molar-refractivity contribution is -0.127. The van der Waals surface area contributed by atoms with Crippen molar-refractivity contribution in [3.63, 3.8) is 0 Å². The molecule has 0 saturated heterocycles. The highest BCUT2D eigenvalue weighted by Gasteiger charge is 2.34. The molecule has 1 heterocycles. The highest BCUT2D eigenvalue weighted by Crippen LogP contribution is 2.31. The first-order valence-corrected chi connectivity index (χ1v) is 11.6. The number of fused-ring (bicyclic) bond motifs is 1. The lowest BCUT2D eigenvalue weighted by Crippen LogP contribution is -2.46. The van der Waals surface area contributed by atoms with Gasteiger partial charge in [-0.25, -0.2) is 4.68 Å². The first kappa shape index (κ1) is 24.4. The molecule has 3 aromatic carbocycles. The Morgan fingerprint density at radius 1 is 1.06 bits per heavy atom. The minimum Gasteiger partial charge on any atom is -0.383 e. The zero-order chi connectivity index (χ0) is 24.8. The molecule has 0 spiro atoms. The molecule has 1 aromatic heterocycles. The Hall–Kier alpha value is -3.75. The summed E-state index contributed by atoms with van der Waals surface area (Å²) < 4.78 is 6.63. The number of anilines is 1. The molecular weight excluding hydrogens is 466 g/mol. The van der Waals surface area contributed by atoms with Crippen LogP contribution in [-0.2, 0) is 20.9 Å². The molecule has 0 saturated carbocycles. The maximum Gasteiger partial charge on any atom is 0.249 e. The van der Waals surface area contributed by atoms with Gasteiger partial charge < -0.3 is 10.1 Å². The molecule has 0 fully saturated rings. The molecule has 0 radical (unpaired) electrons. The minimum absolute atomic E-state index is 0.100. The molecular formula is C26H26ClN5O3. The van der Waals surface area contributed by atoms with E-state index in [0.29, 0.717) is 34.9 Å². The fraction of sp³-hybridized carbons (Fsp3) is 0.231. The number of nitrogens with one attached hydrogen (secondary N) is 1. The van der Waals surface area contributed by atoms with Crippen molar-refractivity contribution in [2.75, 3.05) is 25.2 Å². The third-order valence-corrected chi connectivity index (χ3v) is 5.93. The van der Waals surface area contributed by atoms with Crippen molar-refractivity contribution in [2.45, 2.75) is 19.5 Å². The van der Waals surface area contributed by atoms with Gasteiger partial charge in [0, 0.05) is 24.4 Å². The minimum atomic E-state index is -0.920. The van der Waals surface area contributed by atoms with Crippen molar-refractivity contribution in [1.29, 1.82) is 0 Å². The predicted octanol–water partition coefficient (Wildman–Crippen LogP) is 3.93. The second kappa shape index (κ2) is 11.1. The lowest BCUT2D eigenvalue weighted by Gasteiger charge is -2.32. The lowest BCUT2D eigenvalue weighted by atomic mass is 9.98. The smallest absolute Gasteiger partial charge is 0.249 e. The van der Waals surface area contributed by atoms with E-state index in [1.165, 1.54) is 4.90 Å². The number of rotatable bonds is 9. The van der Waals surface area contributed by atoms with E-state index in [-0.39, 0.29) is 18.4 Å². The summed E-state index contributed by atoms with van der Waals surface area (Å²) in [5.74, 6) is -0.638. The van der Waals surface area contributed by atoms with Gasteiger partial charge in [0.15, 0.2) is 0 Å². The van der Waals surface area contributed by atoms with Crippen LogP contribution in [0.25, 0.3) is 11.0 Å². The molecule has 0 unspecified atom stereocenters. The molecule has 4 rings (SSSR count). The van der Waals surface area contributed by atoms with Crippen LogP contribution in [0.3, 0.4) is 0 Å². The van der Waals surface area contributed by atoms with Gasteiger partial charge in [-0.05, 0) is 54.4 Å². The van der Waals surface area contributed by atoms with Crippen LogP contribution in [0.2, 0.25) is 5.02 Å². The highest BCUT2D eigenvalue weighted by molar-refractivity contribution is 6.30. The number of para-hydroxylation sites is 1. The number of nitrogens with zero attached hydrogens (tertiary/aromatic N) is 4. The molecule has 8 nitrogen and oxygen atoms in total. The SMILES string of the molecule is COCCNC(=O)[C@@H](c1ccccc1C)N(C(=O)Cn1nnc2ccccc21)c1ccc(Cl)cc1. The van der Waals surface area contributed by atoms with Crippen molar-refractivity contribution >= 4 is 40.1 Å². The molecule has 1 atom stereocenters. The van der Waals surface area contributed by atoms with Crippen LogP contribution >= 0.6 is 11.6 Å². The second-order valence-corrected chi connectivity index (χ2v) is 8.46. The van der Waals surface area contributed by atoms with E-state index in [9.17, 15) is 9.59 Å². The van der Waals surface area contributed by atoms with E-state index in [4.69, 9.17) is 16.3 Å². The number of amides is 2. The van der Waals surface area contributed by atoms with Crippen LogP contribution in [0.4, 0.5) is 5.69 Å². The number of hydrogen-bond acceptors (Lipinski definition) is 5. The number of ether oxygens (including phenoxy) is 1. The van der Waals surface area contributed by atoms with Crippen LogP contribution in [0, 0.1) is 6.92 Å². The Balaban J connectivity index is 1.78. The standard InChI is InChI=1S/C26H26ClN5O3/c1-18-7-3-4-8-21(18)25(26(34)28-15-16-35-2)32(20-13-11-19(27)12-14-20)24(33)17-31-23-10-6-5-9-22(23)29-30-31/h3-14,25H,15-17H2,1-2H3,(H,28,34)/t25-/m1/s1. The van der Waals surface area contributed by atoms with Gasteiger partial charge in [-0.15, -0.1) is 5.10 Å². The quantitative estimate of drug-likeness (QED) is 0.358. The zero-order valence-electron chi connectivity index (χ0n) is 19.5. The largest absolute Gasteiger partial charge is 0.383 e. The van der Waals surface area contributed by atoms with E-state index in [0.717, 1.165) is 11.1 Å². The van der Waals surface area contributed by atoms with E-state index in [1.807, 2.05) is 55.5 Å². The Labute approximate surface area is 208 Å². The number of halogens is 1. The Morgan fingerprint density at radius 3 is 2.51 bits per heavy atom. The predicted molar refractivity (Wildman–Crippen MR) is 135 cm³/mol. The van der Waals surface area contributed by atoms with Gasteiger partial charge in [0.1, 0.15) is 18.1 Å². The molecule has 0 aliphatic rings. The average Bonchev–Trinajstić information content (AvgIpc) is 3.26. The third kappa shape index (κ3) is 5.50. The molecule has 1 N–H and O–H groups in total. The number of hydrogen-bond donors (Lipinski definition) is 1. The highest BCUT2D eigenvalue weighted by atomic mass is 35.5. The second-order valence-electron chi connectivity index (χ2n) is 8.02. The number of aromatic nitrogens is 3. The van der Waals surface area contributed by atoms with Crippen molar-refractivity contribution in [1.82, 2.24) is 20.3 Å². The fourth-order valence-electron chi connectivity index (χ4n) is 3.94. The molecule has 0 aliphatic carbocycles. The number of benzene rings is 3. The van der Waals surface area contributed by atoms with E-state index >= 15 is 0 Å². The van der Waals surface area contributed by atoms with Crippen LogP contribution in [0.5, 0.6) is 0 Å². The summed E-state index contributed by atoms with van der Waals surface area (Å²) in [7, 11) is 1.57. The van der Waals surface area contributed by atoms with E-state index in [1.54, 1.807) is 36.1 Å². The van der Waals surface area contributed by atoms with Gasteiger partial charge in [0.25, 0.3) is 0 Å². The third-order valence-electron chi connectivity index (χ3n) is 5.67. The maximum absolute atomic E-state index is 13.9. The van der Waals surface area contributed by atoms with Gasteiger partial charge in [0.05, 0.1) is 12.1 Å². The number of methoxy groups -OCH3 is 1. The van der Waals surface area contributed by atoms with E-state index in [2.05, 4.69) is 15.6 Å². The zero-order valence-corrected chi connectivity index (χ0v) is 20.3. The summed E-state index contributed by atoms with van der Waals surface area (Å²) in [5, 5.41) is 11.7. The van der Waals surface area contributed by atoms with Crippen LogP contribution < -0.4 is 10.2 Å². The van der Waals surface area contributed by atoms with Crippen molar-refractivity contribution < 1.29 is 14.3 Å². The van der Waals surface area contributed by atoms with Gasteiger partial charge in [-0.2, -0.15) is 0 Å². The summed E-state index contributed by atoms with van der Waals surface area (Å²) in [6.45, 7) is 2.48.